The van der Waals surface area contributed by atoms with E-state index in [-0.39, 0.29) is 6.61 Å². The molecule has 0 spiro atoms. The van der Waals surface area contributed by atoms with Crippen LogP contribution in [0.3, 0.4) is 0 Å². The van der Waals surface area contributed by atoms with Gasteiger partial charge in [-0.2, -0.15) is 0 Å². The van der Waals surface area contributed by atoms with E-state index in [1.807, 2.05) is 0 Å². The van der Waals surface area contributed by atoms with Crippen molar-refractivity contribution in [3.63, 3.8) is 0 Å². The molecular weight excluding hydrogens is 213 g/mol. The van der Waals surface area contributed by atoms with Crippen molar-refractivity contribution in [2.45, 2.75) is 19.7 Å². The molecule has 2 N–H and O–H groups in total. The molecule has 4 nitrogen and oxygen atoms in total. The fourth-order valence-electron chi connectivity index (χ4n) is 1.73. The molecule has 5 heteroatoms. The van der Waals surface area contributed by atoms with Gasteiger partial charge >= 0.3 is 0 Å². The molecule has 0 saturated carbocycles. The largest absolute Gasteiger partial charge is 0.486 e. The van der Waals surface area contributed by atoms with Crippen LogP contribution >= 0.6 is 0 Å². The molecule has 0 aromatic heterocycles. The highest BCUT2D eigenvalue weighted by Crippen LogP contribution is 2.36. The molecule has 1 atom stereocenters. The molecule has 1 aromatic rings. The van der Waals surface area contributed by atoms with E-state index >= 15 is 0 Å². The number of nitrogens with two attached hydrogens (primary N) is 1. The van der Waals surface area contributed by atoms with E-state index in [0.29, 0.717) is 35.8 Å². The van der Waals surface area contributed by atoms with Crippen molar-refractivity contribution in [2.24, 2.45) is 5.90 Å². The van der Waals surface area contributed by atoms with E-state index < -0.39 is 6.17 Å². The summed E-state index contributed by atoms with van der Waals surface area (Å²) in [7, 11) is 0. The predicted octanol–water partition coefficient (Wildman–Crippen LogP) is 1.88. The van der Waals surface area contributed by atoms with Crippen LogP contribution in [0.25, 0.3) is 0 Å². The Hall–Kier alpha value is -1.33. The van der Waals surface area contributed by atoms with Crippen LogP contribution in [0.2, 0.25) is 0 Å². The normalized spacial score (nSPS) is 15.9. The lowest BCUT2D eigenvalue weighted by atomic mass is 10.0. The summed E-state index contributed by atoms with van der Waals surface area (Å²) in [5.41, 5.74) is 1.21. The summed E-state index contributed by atoms with van der Waals surface area (Å²) < 4.78 is 24.2. The Balaban J connectivity index is 2.41. The van der Waals surface area contributed by atoms with Gasteiger partial charge in [-0.05, 0) is 30.2 Å². The first-order chi connectivity index (χ1) is 7.72. The summed E-state index contributed by atoms with van der Waals surface area (Å²) in [6, 6.07) is 3.36. The summed E-state index contributed by atoms with van der Waals surface area (Å²) in [5.74, 6) is 6.20. The number of fused-ring (bicyclic) bond motifs is 1. The lowest BCUT2D eigenvalue weighted by molar-refractivity contribution is 0.121. The van der Waals surface area contributed by atoms with Gasteiger partial charge in [-0.15, -0.1) is 0 Å². The van der Waals surface area contributed by atoms with E-state index in [9.17, 15) is 4.39 Å². The van der Waals surface area contributed by atoms with Crippen molar-refractivity contribution < 1.29 is 18.7 Å². The molecule has 1 aromatic carbocycles. The fourth-order valence-corrected chi connectivity index (χ4v) is 1.73. The molecular formula is C11H14FNO3. The molecule has 0 saturated heterocycles. The number of hydrogen-bond acceptors (Lipinski definition) is 4. The fraction of sp³-hybridized carbons (Fsp3) is 0.455. The second kappa shape index (κ2) is 4.67. The van der Waals surface area contributed by atoms with Gasteiger partial charge in [-0.3, -0.25) is 4.84 Å². The Morgan fingerprint density at radius 2 is 2.00 bits per heavy atom. The minimum atomic E-state index is -1.10. The third kappa shape index (κ3) is 2.10. The van der Waals surface area contributed by atoms with Crippen LogP contribution in [0.1, 0.15) is 24.2 Å². The third-order valence-corrected chi connectivity index (χ3v) is 2.47. The van der Waals surface area contributed by atoms with Gasteiger partial charge < -0.3 is 9.47 Å². The van der Waals surface area contributed by atoms with Gasteiger partial charge in [0.05, 0.1) is 6.61 Å². The Labute approximate surface area is 93.1 Å². The van der Waals surface area contributed by atoms with Crippen LogP contribution in [0.15, 0.2) is 12.1 Å². The standard InChI is InChI=1S/C11H14FNO3/c1-7(12)9-5-11-10(14-2-3-15-11)4-8(9)6-16-13/h4-5,7H,2-3,6,13H2,1H3. The molecule has 1 heterocycles. The Morgan fingerprint density at radius 1 is 1.38 bits per heavy atom. The van der Waals surface area contributed by atoms with E-state index in [0.717, 1.165) is 0 Å². The molecule has 1 aliphatic heterocycles. The topological polar surface area (TPSA) is 53.7 Å². The van der Waals surface area contributed by atoms with Gasteiger partial charge in [0.15, 0.2) is 11.5 Å². The Kier molecular flexibility index (Phi) is 3.26. The van der Waals surface area contributed by atoms with Crippen molar-refractivity contribution in [1.29, 1.82) is 0 Å². The van der Waals surface area contributed by atoms with Crippen molar-refractivity contribution in [3.05, 3.63) is 23.3 Å². The second-order valence-electron chi connectivity index (χ2n) is 3.62. The highest BCUT2D eigenvalue weighted by molar-refractivity contribution is 5.48. The number of rotatable bonds is 3. The average molecular weight is 227 g/mol. The molecule has 1 aliphatic rings. The quantitative estimate of drug-likeness (QED) is 0.801. The second-order valence-corrected chi connectivity index (χ2v) is 3.62. The number of hydrogen-bond donors (Lipinski definition) is 1. The maximum Gasteiger partial charge on any atom is 0.161 e. The van der Waals surface area contributed by atoms with E-state index in [4.69, 9.17) is 15.4 Å². The van der Waals surface area contributed by atoms with E-state index in [1.54, 1.807) is 12.1 Å². The van der Waals surface area contributed by atoms with Crippen LogP contribution in [0, 0.1) is 0 Å². The number of alkyl halides is 1. The van der Waals surface area contributed by atoms with Crippen LogP contribution in [0.5, 0.6) is 11.5 Å². The molecule has 88 valence electrons. The predicted molar refractivity (Wildman–Crippen MR) is 55.9 cm³/mol. The molecule has 0 radical (unpaired) electrons. The minimum Gasteiger partial charge on any atom is -0.486 e. The lowest BCUT2D eigenvalue weighted by Crippen LogP contribution is -2.16. The molecule has 16 heavy (non-hydrogen) atoms. The third-order valence-electron chi connectivity index (χ3n) is 2.47. The molecule has 0 bridgehead atoms. The van der Waals surface area contributed by atoms with E-state index in [1.165, 1.54) is 6.92 Å². The van der Waals surface area contributed by atoms with Gasteiger partial charge in [0, 0.05) is 0 Å². The van der Waals surface area contributed by atoms with Crippen molar-refractivity contribution in [1.82, 2.24) is 0 Å². The smallest absolute Gasteiger partial charge is 0.161 e. The molecule has 0 fully saturated rings. The Bertz CT molecular complexity index is 382. The molecule has 0 aliphatic carbocycles. The number of ether oxygens (including phenoxy) is 2. The highest BCUT2D eigenvalue weighted by atomic mass is 19.1. The summed E-state index contributed by atoms with van der Waals surface area (Å²) in [5, 5.41) is 0. The maximum absolute atomic E-state index is 13.4. The van der Waals surface area contributed by atoms with Crippen LogP contribution < -0.4 is 15.4 Å². The minimum absolute atomic E-state index is 0.153. The zero-order valence-electron chi connectivity index (χ0n) is 9.03. The first-order valence-electron chi connectivity index (χ1n) is 5.10. The summed E-state index contributed by atoms with van der Waals surface area (Å²) in [6.07, 6.45) is -1.10. The summed E-state index contributed by atoms with van der Waals surface area (Å²) in [4.78, 5) is 4.55. The van der Waals surface area contributed by atoms with Gasteiger partial charge in [-0.25, -0.2) is 10.3 Å². The van der Waals surface area contributed by atoms with Crippen molar-refractivity contribution in [2.75, 3.05) is 13.2 Å². The average Bonchev–Trinajstić information content (AvgIpc) is 2.28. The van der Waals surface area contributed by atoms with E-state index in [2.05, 4.69) is 4.84 Å². The first-order valence-corrected chi connectivity index (χ1v) is 5.10. The number of halogens is 1. The van der Waals surface area contributed by atoms with Gasteiger partial charge in [0.2, 0.25) is 0 Å². The first kappa shape index (κ1) is 11.2. The molecule has 0 amide bonds. The van der Waals surface area contributed by atoms with Crippen molar-refractivity contribution >= 4 is 0 Å². The monoisotopic (exact) mass is 227 g/mol. The SMILES string of the molecule is CC(F)c1cc2c(cc1CON)OCCO2. The van der Waals surface area contributed by atoms with Crippen LogP contribution in [0.4, 0.5) is 4.39 Å². The van der Waals surface area contributed by atoms with Gasteiger partial charge in [0.1, 0.15) is 19.4 Å². The molecule has 2 rings (SSSR count). The summed E-state index contributed by atoms with van der Waals surface area (Å²) in [6.45, 7) is 2.60. The zero-order chi connectivity index (χ0) is 11.5. The maximum atomic E-state index is 13.4. The summed E-state index contributed by atoms with van der Waals surface area (Å²) >= 11 is 0. The van der Waals surface area contributed by atoms with Gasteiger partial charge in [0.25, 0.3) is 0 Å². The van der Waals surface area contributed by atoms with Crippen LogP contribution in [-0.4, -0.2) is 13.2 Å². The highest BCUT2D eigenvalue weighted by Gasteiger charge is 2.18. The lowest BCUT2D eigenvalue weighted by Gasteiger charge is -2.21. The Morgan fingerprint density at radius 3 is 2.56 bits per heavy atom. The van der Waals surface area contributed by atoms with Crippen LogP contribution in [-0.2, 0) is 11.4 Å². The molecule has 1 unspecified atom stereocenters. The number of benzene rings is 1. The zero-order valence-corrected chi connectivity index (χ0v) is 9.03. The van der Waals surface area contributed by atoms with Crippen molar-refractivity contribution in [3.8, 4) is 11.5 Å². The van der Waals surface area contributed by atoms with Gasteiger partial charge in [-0.1, -0.05) is 0 Å².